The van der Waals surface area contributed by atoms with Crippen molar-refractivity contribution in [3.8, 4) is 0 Å². The SMILES string of the molecule is NC(=O)C1(N)CCCC(Sc2ncccc2Cl)C1. The fourth-order valence-electron chi connectivity index (χ4n) is 2.20. The summed E-state index contributed by atoms with van der Waals surface area (Å²) in [6.07, 6.45) is 4.86. The van der Waals surface area contributed by atoms with Gasteiger partial charge in [-0.3, -0.25) is 4.79 Å². The van der Waals surface area contributed by atoms with Gasteiger partial charge in [-0.1, -0.05) is 11.6 Å². The van der Waals surface area contributed by atoms with Gasteiger partial charge < -0.3 is 11.5 Å². The van der Waals surface area contributed by atoms with Crippen molar-refractivity contribution in [1.82, 2.24) is 4.98 Å². The number of carbonyl (C=O) groups is 1. The second-order valence-electron chi connectivity index (χ2n) is 4.65. The van der Waals surface area contributed by atoms with Gasteiger partial charge in [-0.2, -0.15) is 0 Å². The van der Waals surface area contributed by atoms with E-state index >= 15 is 0 Å². The molecule has 18 heavy (non-hydrogen) atoms. The van der Waals surface area contributed by atoms with E-state index in [-0.39, 0.29) is 5.25 Å². The molecule has 6 heteroatoms. The summed E-state index contributed by atoms with van der Waals surface area (Å²) in [5.41, 5.74) is 10.5. The molecule has 1 fully saturated rings. The van der Waals surface area contributed by atoms with E-state index in [0.717, 1.165) is 17.9 Å². The zero-order valence-corrected chi connectivity index (χ0v) is 11.5. The molecule has 1 amide bonds. The summed E-state index contributed by atoms with van der Waals surface area (Å²) < 4.78 is 0. The molecule has 2 unspecified atom stereocenters. The minimum atomic E-state index is -0.878. The van der Waals surface area contributed by atoms with Crippen LogP contribution >= 0.6 is 23.4 Å². The zero-order valence-electron chi connectivity index (χ0n) is 9.93. The van der Waals surface area contributed by atoms with Crippen molar-refractivity contribution < 1.29 is 4.79 Å². The molecule has 0 saturated heterocycles. The summed E-state index contributed by atoms with van der Waals surface area (Å²) in [5.74, 6) is -0.417. The number of nitrogens with two attached hydrogens (primary N) is 2. The second kappa shape index (κ2) is 5.47. The van der Waals surface area contributed by atoms with Crippen molar-refractivity contribution in [2.75, 3.05) is 0 Å². The van der Waals surface area contributed by atoms with Crippen LogP contribution in [0.15, 0.2) is 23.4 Å². The highest BCUT2D eigenvalue weighted by Gasteiger charge is 2.38. The molecule has 2 atom stereocenters. The molecule has 0 bridgehead atoms. The highest BCUT2D eigenvalue weighted by molar-refractivity contribution is 8.00. The van der Waals surface area contributed by atoms with Gasteiger partial charge >= 0.3 is 0 Å². The molecule has 1 saturated carbocycles. The summed E-state index contributed by atoms with van der Waals surface area (Å²) in [6, 6.07) is 3.60. The number of nitrogens with zero attached hydrogens (tertiary/aromatic N) is 1. The Morgan fingerprint density at radius 2 is 2.39 bits per heavy atom. The van der Waals surface area contributed by atoms with E-state index < -0.39 is 11.4 Å². The van der Waals surface area contributed by atoms with Gasteiger partial charge in [0.15, 0.2) is 0 Å². The molecule has 1 aliphatic carbocycles. The molecule has 0 spiro atoms. The summed E-state index contributed by atoms with van der Waals surface area (Å²) in [6.45, 7) is 0. The van der Waals surface area contributed by atoms with E-state index in [1.807, 2.05) is 6.07 Å². The van der Waals surface area contributed by atoms with Crippen molar-refractivity contribution in [1.29, 1.82) is 0 Å². The average molecular weight is 286 g/mol. The number of halogens is 1. The number of aromatic nitrogens is 1. The molecule has 0 aromatic carbocycles. The first-order valence-electron chi connectivity index (χ1n) is 5.87. The fraction of sp³-hybridized carbons (Fsp3) is 0.500. The first-order valence-corrected chi connectivity index (χ1v) is 7.13. The Bertz CT molecular complexity index is 457. The third-order valence-electron chi connectivity index (χ3n) is 3.23. The zero-order chi connectivity index (χ0) is 13.2. The number of amides is 1. The Kier molecular flexibility index (Phi) is 4.14. The highest BCUT2D eigenvalue weighted by Crippen LogP contribution is 2.38. The molecule has 0 radical (unpaired) electrons. The lowest BCUT2D eigenvalue weighted by Gasteiger charge is -2.34. The maximum absolute atomic E-state index is 11.4. The van der Waals surface area contributed by atoms with Crippen LogP contribution in [0.2, 0.25) is 5.02 Å². The van der Waals surface area contributed by atoms with Crippen molar-refractivity contribution in [3.63, 3.8) is 0 Å². The van der Waals surface area contributed by atoms with Crippen LogP contribution in [0, 0.1) is 0 Å². The van der Waals surface area contributed by atoms with Crippen molar-refractivity contribution in [2.24, 2.45) is 11.5 Å². The molecule has 0 aliphatic heterocycles. The predicted octanol–water partition coefficient (Wildman–Crippen LogP) is 1.95. The van der Waals surface area contributed by atoms with Gasteiger partial charge in [0, 0.05) is 11.4 Å². The monoisotopic (exact) mass is 285 g/mol. The Morgan fingerprint density at radius 1 is 1.61 bits per heavy atom. The van der Waals surface area contributed by atoms with E-state index in [4.69, 9.17) is 23.1 Å². The highest BCUT2D eigenvalue weighted by atomic mass is 35.5. The third-order valence-corrected chi connectivity index (χ3v) is 4.94. The third kappa shape index (κ3) is 2.96. The molecule has 4 N–H and O–H groups in total. The number of pyridine rings is 1. The van der Waals surface area contributed by atoms with E-state index in [2.05, 4.69) is 4.98 Å². The second-order valence-corrected chi connectivity index (χ2v) is 6.34. The Balaban J connectivity index is 2.07. The maximum atomic E-state index is 11.4. The number of rotatable bonds is 3. The summed E-state index contributed by atoms with van der Waals surface area (Å²) in [7, 11) is 0. The predicted molar refractivity (Wildman–Crippen MR) is 73.5 cm³/mol. The molecule has 98 valence electrons. The molecule has 1 aromatic rings. The number of hydrogen-bond donors (Lipinski definition) is 2. The van der Waals surface area contributed by atoms with Crippen LogP contribution in [0.4, 0.5) is 0 Å². The molecule has 1 heterocycles. The summed E-state index contributed by atoms with van der Waals surface area (Å²) in [4.78, 5) is 15.6. The lowest BCUT2D eigenvalue weighted by molar-refractivity contribution is -0.124. The first-order chi connectivity index (χ1) is 8.51. The number of thioether (sulfide) groups is 1. The van der Waals surface area contributed by atoms with Crippen molar-refractivity contribution in [3.05, 3.63) is 23.4 Å². The smallest absolute Gasteiger partial charge is 0.237 e. The largest absolute Gasteiger partial charge is 0.368 e. The summed E-state index contributed by atoms with van der Waals surface area (Å²) in [5, 5.41) is 1.66. The number of carbonyl (C=O) groups excluding carboxylic acids is 1. The van der Waals surface area contributed by atoms with E-state index in [1.54, 1.807) is 24.0 Å². The Hall–Kier alpha value is -0.780. The van der Waals surface area contributed by atoms with E-state index in [9.17, 15) is 4.79 Å². The van der Waals surface area contributed by atoms with E-state index in [1.165, 1.54) is 0 Å². The van der Waals surface area contributed by atoms with Gasteiger partial charge in [-0.05, 0) is 37.8 Å². The quantitative estimate of drug-likeness (QED) is 0.889. The molecular formula is C12H16ClN3OS. The van der Waals surface area contributed by atoms with Crippen molar-refractivity contribution in [2.45, 2.75) is 41.5 Å². The minimum Gasteiger partial charge on any atom is -0.368 e. The van der Waals surface area contributed by atoms with Crippen LogP contribution in [-0.4, -0.2) is 21.7 Å². The number of hydrogen-bond acceptors (Lipinski definition) is 4. The topological polar surface area (TPSA) is 82.0 Å². The van der Waals surface area contributed by atoms with Crippen LogP contribution < -0.4 is 11.5 Å². The van der Waals surface area contributed by atoms with Crippen LogP contribution in [0.25, 0.3) is 0 Å². The molecule has 1 aromatic heterocycles. The van der Waals surface area contributed by atoms with Gasteiger partial charge in [0.1, 0.15) is 5.03 Å². The minimum absolute atomic E-state index is 0.239. The van der Waals surface area contributed by atoms with E-state index in [0.29, 0.717) is 17.9 Å². The normalized spacial score (nSPS) is 28.0. The molecular weight excluding hydrogens is 270 g/mol. The summed E-state index contributed by atoms with van der Waals surface area (Å²) >= 11 is 7.65. The Labute approximate surface area is 115 Å². The lowest BCUT2D eigenvalue weighted by atomic mass is 9.82. The van der Waals surface area contributed by atoms with Gasteiger partial charge in [0.25, 0.3) is 0 Å². The first kappa shape index (κ1) is 13.6. The van der Waals surface area contributed by atoms with Crippen molar-refractivity contribution >= 4 is 29.3 Å². The van der Waals surface area contributed by atoms with Gasteiger partial charge in [0.05, 0.1) is 10.6 Å². The van der Waals surface area contributed by atoms with Gasteiger partial charge in [-0.25, -0.2) is 4.98 Å². The molecule has 2 rings (SSSR count). The molecule has 4 nitrogen and oxygen atoms in total. The molecule has 1 aliphatic rings. The van der Waals surface area contributed by atoms with Crippen LogP contribution in [-0.2, 0) is 4.79 Å². The van der Waals surface area contributed by atoms with Crippen LogP contribution in [0.3, 0.4) is 0 Å². The maximum Gasteiger partial charge on any atom is 0.237 e. The fourth-order valence-corrected chi connectivity index (χ4v) is 3.73. The number of primary amides is 1. The standard InChI is InChI=1S/C12H16ClN3OS/c13-9-4-2-6-16-10(9)18-8-3-1-5-12(15,7-8)11(14)17/h2,4,6,8H,1,3,5,7,15H2,(H2,14,17). The van der Waals surface area contributed by atoms with Gasteiger partial charge in [0.2, 0.25) is 5.91 Å². The van der Waals surface area contributed by atoms with Crippen LogP contribution in [0.5, 0.6) is 0 Å². The average Bonchev–Trinajstić information content (AvgIpc) is 2.32. The Morgan fingerprint density at radius 3 is 3.06 bits per heavy atom. The lowest BCUT2D eigenvalue weighted by Crippen LogP contribution is -2.55. The van der Waals surface area contributed by atoms with Gasteiger partial charge in [-0.15, -0.1) is 11.8 Å². The van der Waals surface area contributed by atoms with Crippen LogP contribution in [0.1, 0.15) is 25.7 Å².